The predicted molar refractivity (Wildman–Crippen MR) is 201 cm³/mol. The Hall–Kier alpha value is -6.18. The van der Waals surface area contributed by atoms with Crippen molar-refractivity contribution in [3.05, 3.63) is 222 Å². The highest BCUT2D eigenvalue weighted by Crippen LogP contribution is 2.57. The molecule has 0 amide bonds. The van der Waals surface area contributed by atoms with Crippen LogP contribution >= 0.6 is 0 Å². The van der Waals surface area contributed by atoms with Crippen LogP contribution in [-0.2, 0) is 5.41 Å². The summed E-state index contributed by atoms with van der Waals surface area (Å²) >= 11 is 0. The van der Waals surface area contributed by atoms with Gasteiger partial charge in [0.2, 0.25) is 0 Å². The molecule has 1 aliphatic rings. The third kappa shape index (κ3) is 4.40. The number of anilines is 3. The molecule has 0 saturated carbocycles. The minimum Gasteiger partial charge on any atom is -0.310 e. The molecule has 1 heteroatoms. The molecule has 48 heavy (non-hydrogen) atoms. The lowest BCUT2D eigenvalue weighted by molar-refractivity contribution is 0.769. The van der Waals surface area contributed by atoms with Crippen LogP contribution in [0.2, 0.25) is 0 Å². The van der Waals surface area contributed by atoms with Crippen LogP contribution in [0.1, 0.15) is 22.3 Å². The molecule has 9 rings (SSSR count). The van der Waals surface area contributed by atoms with Gasteiger partial charge in [0, 0.05) is 16.9 Å². The second-order valence-corrected chi connectivity index (χ2v) is 12.5. The lowest BCUT2D eigenvalue weighted by Gasteiger charge is -2.34. The monoisotopic (exact) mass is 611 g/mol. The summed E-state index contributed by atoms with van der Waals surface area (Å²) in [6, 6.07) is 72.9. The van der Waals surface area contributed by atoms with E-state index in [0.717, 1.165) is 17.1 Å². The first-order valence-corrected chi connectivity index (χ1v) is 16.6. The first-order chi connectivity index (χ1) is 23.8. The molecular weight excluding hydrogens is 579 g/mol. The minimum absolute atomic E-state index is 0.433. The Kier molecular flexibility index (Phi) is 6.76. The molecule has 0 heterocycles. The molecule has 0 spiro atoms. The van der Waals surface area contributed by atoms with Crippen molar-refractivity contribution in [2.24, 2.45) is 0 Å². The molecule has 8 aromatic carbocycles. The summed E-state index contributed by atoms with van der Waals surface area (Å²) in [6.07, 6.45) is 0. The van der Waals surface area contributed by atoms with Gasteiger partial charge in [-0.3, -0.25) is 0 Å². The van der Waals surface area contributed by atoms with E-state index in [4.69, 9.17) is 0 Å². The van der Waals surface area contributed by atoms with Crippen LogP contribution in [0.15, 0.2) is 200 Å². The molecule has 0 unspecified atom stereocenters. The van der Waals surface area contributed by atoms with Gasteiger partial charge in [0.05, 0.1) is 11.1 Å². The number of fused-ring (bicyclic) bond motifs is 4. The number of hydrogen-bond acceptors (Lipinski definition) is 1. The Balaban J connectivity index is 1.30. The van der Waals surface area contributed by atoms with Crippen molar-refractivity contribution in [2.45, 2.75) is 5.41 Å². The summed E-state index contributed by atoms with van der Waals surface area (Å²) in [7, 11) is 0. The molecule has 226 valence electrons. The van der Waals surface area contributed by atoms with E-state index in [1.54, 1.807) is 0 Å². The van der Waals surface area contributed by atoms with Crippen molar-refractivity contribution in [3.63, 3.8) is 0 Å². The van der Waals surface area contributed by atoms with Gasteiger partial charge in [-0.15, -0.1) is 0 Å². The predicted octanol–water partition coefficient (Wildman–Crippen LogP) is 12.3. The minimum atomic E-state index is -0.433. The van der Waals surface area contributed by atoms with Gasteiger partial charge in [0.1, 0.15) is 0 Å². The van der Waals surface area contributed by atoms with E-state index in [-0.39, 0.29) is 0 Å². The van der Waals surface area contributed by atoms with Crippen molar-refractivity contribution < 1.29 is 0 Å². The third-order valence-electron chi connectivity index (χ3n) is 9.90. The highest BCUT2D eigenvalue weighted by atomic mass is 15.1. The van der Waals surface area contributed by atoms with Crippen molar-refractivity contribution >= 4 is 27.8 Å². The first-order valence-electron chi connectivity index (χ1n) is 16.6. The molecular formula is C47H33N. The van der Waals surface area contributed by atoms with Crippen LogP contribution in [0.25, 0.3) is 33.0 Å². The molecule has 0 bridgehead atoms. The molecule has 0 saturated heterocycles. The van der Waals surface area contributed by atoms with E-state index in [1.165, 1.54) is 55.3 Å². The van der Waals surface area contributed by atoms with E-state index in [2.05, 4.69) is 205 Å². The average molecular weight is 612 g/mol. The second kappa shape index (κ2) is 11.6. The Morgan fingerprint density at radius 2 is 0.896 bits per heavy atom. The summed E-state index contributed by atoms with van der Waals surface area (Å²) in [5, 5.41) is 2.45. The Morgan fingerprint density at radius 1 is 0.333 bits per heavy atom. The van der Waals surface area contributed by atoms with Gasteiger partial charge in [-0.05, 0) is 92.2 Å². The standard InChI is InChI=1S/C47H33N/c1-5-17-34(18-6-1)41-25-14-16-28-46(41)48(39-23-11-4-12-24-39)40-30-29-35-32-43-42-26-13-15-27-44(42)47(37-19-7-2-8-20-37,38-21-9-3-10-22-38)45(43)33-36(35)31-40/h1-33H. The maximum Gasteiger partial charge on any atom is 0.0713 e. The molecule has 0 aromatic heterocycles. The summed E-state index contributed by atoms with van der Waals surface area (Å²) < 4.78 is 0. The third-order valence-corrected chi connectivity index (χ3v) is 9.90. The molecule has 1 nitrogen and oxygen atoms in total. The zero-order valence-corrected chi connectivity index (χ0v) is 26.5. The average Bonchev–Trinajstić information content (AvgIpc) is 3.45. The number of nitrogens with zero attached hydrogens (tertiary/aromatic N) is 1. The molecule has 0 fully saturated rings. The van der Waals surface area contributed by atoms with Crippen LogP contribution in [0.3, 0.4) is 0 Å². The zero-order chi connectivity index (χ0) is 31.9. The molecule has 8 aromatic rings. The maximum atomic E-state index is 2.46. The van der Waals surface area contributed by atoms with E-state index in [9.17, 15) is 0 Å². The summed E-state index contributed by atoms with van der Waals surface area (Å²) in [5.74, 6) is 0. The van der Waals surface area contributed by atoms with E-state index < -0.39 is 5.41 Å². The lowest BCUT2D eigenvalue weighted by atomic mass is 9.67. The van der Waals surface area contributed by atoms with Gasteiger partial charge < -0.3 is 4.90 Å². The number of para-hydroxylation sites is 2. The number of rotatable bonds is 6. The highest BCUT2D eigenvalue weighted by Gasteiger charge is 2.46. The van der Waals surface area contributed by atoms with Crippen LogP contribution in [-0.4, -0.2) is 0 Å². The maximum absolute atomic E-state index is 2.46. The fourth-order valence-corrected chi connectivity index (χ4v) is 7.85. The van der Waals surface area contributed by atoms with E-state index >= 15 is 0 Å². The molecule has 0 radical (unpaired) electrons. The molecule has 1 aliphatic carbocycles. The zero-order valence-electron chi connectivity index (χ0n) is 26.5. The number of benzene rings is 8. The van der Waals surface area contributed by atoms with Crippen molar-refractivity contribution in [1.82, 2.24) is 0 Å². The quantitative estimate of drug-likeness (QED) is 0.181. The lowest BCUT2D eigenvalue weighted by Crippen LogP contribution is -2.28. The first kappa shape index (κ1) is 28.1. The second-order valence-electron chi connectivity index (χ2n) is 12.5. The fourth-order valence-electron chi connectivity index (χ4n) is 7.85. The number of hydrogen-bond donors (Lipinski definition) is 0. The summed E-state index contributed by atoms with van der Waals surface area (Å²) in [4.78, 5) is 2.39. The Bertz CT molecular complexity index is 2340. The molecule has 0 N–H and O–H groups in total. The van der Waals surface area contributed by atoms with Crippen LogP contribution in [0.4, 0.5) is 17.1 Å². The Labute approximate surface area is 282 Å². The van der Waals surface area contributed by atoms with Crippen LogP contribution < -0.4 is 4.90 Å². The SMILES string of the molecule is c1ccc(-c2ccccc2N(c2ccccc2)c2ccc3cc4c(cc3c2)C(c2ccccc2)(c2ccccc2)c2ccccc2-4)cc1. The topological polar surface area (TPSA) is 3.24 Å². The van der Waals surface area contributed by atoms with E-state index in [0.29, 0.717) is 0 Å². The summed E-state index contributed by atoms with van der Waals surface area (Å²) in [6.45, 7) is 0. The van der Waals surface area contributed by atoms with Crippen LogP contribution in [0.5, 0.6) is 0 Å². The van der Waals surface area contributed by atoms with E-state index in [1.807, 2.05) is 0 Å². The van der Waals surface area contributed by atoms with Gasteiger partial charge in [0.25, 0.3) is 0 Å². The fraction of sp³-hybridized carbons (Fsp3) is 0.0213. The van der Waals surface area contributed by atoms with Crippen molar-refractivity contribution in [1.29, 1.82) is 0 Å². The highest BCUT2D eigenvalue weighted by molar-refractivity contribution is 5.98. The van der Waals surface area contributed by atoms with Gasteiger partial charge in [-0.1, -0.05) is 158 Å². The smallest absolute Gasteiger partial charge is 0.0713 e. The van der Waals surface area contributed by atoms with Gasteiger partial charge in [-0.2, -0.15) is 0 Å². The van der Waals surface area contributed by atoms with Crippen molar-refractivity contribution in [2.75, 3.05) is 4.90 Å². The van der Waals surface area contributed by atoms with Crippen LogP contribution in [0, 0.1) is 0 Å². The van der Waals surface area contributed by atoms with Gasteiger partial charge in [-0.25, -0.2) is 0 Å². The molecule has 0 aliphatic heterocycles. The molecule has 0 atom stereocenters. The Morgan fingerprint density at radius 3 is 1.58 bits per heavy atom. The normalized spacial score (nSPS) is 12.8. The van der Waals surface area contributed by atoms with Gasteiger partial charge >= 0.3 is 0 Å². The van der Waals surface area contributed by atoms with Gasteiger partial charge in [0.15, 0.2) is 0 Å². The summed E-state index contributed by atoms with van der Waals surface area (Å²) in [5.41, 5.74) is 13.2. The van der Waals surface area contributed by atoms with Crippen molar-refractivity contribution in [3.8, 4) is 22.3 Å². The largest absolute Gasteiger partial charge is 0.310 e.